The largest absolute Gasteiger partial charge is 0.467 e. The third kappa shape index (κ3) is 2.60. The molecule has 0 spiro atoms. The van der Waals surface area contributed by atoms with Crippen molar-refractivity contribution >= 4 is 11.9 Å². The van der Waals surface area contributed by atoms with E-state index in [4.69, 9.17) is 9.47 Å². The van der Waals surface area contributed by atoms with Crippen LogP contribution in [0.2, 0.25) is 0 Å². The van der Waals surface area contributed by atoms with Gasteiger partial charge in [-0.3, -0.25) is 9.69 Å². The number of hydrogen-bond acceptors (Lipinski definition) is 5. The van der Waals surface area contributed by atoms with Gasteiger partial charge in [-0.25, -0.2) is 4.79 Å². The van der Waals surface area contributed by atoms with Crippen LogP contribution in [0.25, 0.3) is 0 Å². The van der Waals surface area contributed by atoms with Crippen molar-refractivity contribution in [1.29, 1.82) is 0 Å². The highest BCUT2D eigenvalue weighted by Gasteiger charge is 2.51. The van der Waals surface area contributed by atoms with E-state index in [1.54, 1.807) is 11.8 Å². The van der Waals surface area contributed by atoms with Gasteiger partial charge in [0.05, 0.1) is 19.3 Å². The lowest BCUT2D eigenvalue weighted by Crippen LogP contribution is -2.62. The van der Waals surface area contributed by atoms with E-state index in [2.05, 4.69) is 19.2 Å². The van der Waals surface area contributed by atoms with Crippen LogP contribution in [0.4, 0.5) is 0 Å². The van der Waals surface area contributed by atoms with Crippen LogP contribution in [-0.2, 0) is 19.1 Å². The molecule has 108 valence electrons. The highest BCUT2D eigenvalue weighted by atomic mass is 16.6. The average molecular weight is 270 g/mol. The number of nitrogens with zero attached hydrogens (tertiary/aromatic N) is 1. The van der Waals surface area contributed by atoms with Crippen molar-refractivity contribution < 1.29 is 19.1 Å². The summed E-state index contributed by atoms with van der Waals surface area (Å²) in [5.41, 5.74) is 0. The number of carbonyl (C=O) groups excluding carboxylic acids is 2. The van der Waals surface area contributed by atoms with Gasteiger partial charge in [0.1, 0.15) is 6.23 Å². The maximum Gasteiger partial charge on any atom is 0.331 e. The van der Waals surface area contributed by atoms with Crippen molar-refractivity contribution in [3.63, 3.8) is 0 Å². The minimum absolute atomic E-state index is 0.0651. The fourth-order valence-electron chi connectivity index (χ4n) is 2.81. The van der Waals surface area contributed by atoms with Crippen molar-refractivity contribution in [2.24, 2.45) is 5.92 Å². The molecule has 4 atom stereocenters. The van der Waals surface area contributed by atoms with Crippen molar-refractivity contribution in [2.75, 3.05) is 13.7 Å². The van der Waals surface area contributed by atoms with Crippen LogP contribution in [0, 0.1) is 5.92 Å². The summed E-state index contributed by atoms with van der Waals surface area (Å²) in [6, 6.07) is -0.864. The first-order chi connectivity index (χ1) is 8.95. The molecule has 2 fully saturated rings. The van der Waals surface area contributed by atoms with Crippen LogP contribution in [0.5, 0.6) is 0 Å². The Kier molecular flexibility index (Phi) is 4.10. The number of hydrogen-bond donors (Lipinski definition) is 1. The van der Waals surface area contributed by atoms with Gasteiger partial charge in [0.25, 0.3) is 0 Å². The lowest BCUT2D eigenvalue weighted by Gasteiger charge is -2.36. The van der Waals surface area contributed by atoms with Crippen molar-refractivity contribution in [2.45, 2.75) is 51.6 Å². The van der Waals surface area contributed by atoms with E-state index in [0.29, 0.717) is 12.5 Å². The maximum atomic E-state index is 12.5. The molecule has 2 saturated heterocycles. The Morgan fingerprint density at radius 1 is 1.58 bits per heavy atom. The number of ether oxygens (including phenoxy) is 2. The van der Waals surface area contributed by atoms with Crippen LogP contribution < -0.4 is 5.32 Å². The Labute approximate surface area is 113 Å². The first kappa shape index (κ1) is 14.3. The van der Waals surface area contributed by atoms with Gasteiger partial charge in [-0.1, -0.05) is 13.8 Å². The second-order valence-electron chi connectivity index (χ2n) is 5.60. The Balaban J connectivity index is 2.17. The molecule has 2 heterocycles. The van der Waals surface area contributed by atoms with Gasteiger partial charge >= 0.3 is 5.97 Å². The summed E-state index contributed by atoms with van der Waals surface area (Å²) in [4.78, 5) is 25.9. The van der Waals surface area contributed by atoms with E-state index in [-0.39, 0.29) is 24.3 Å². The number of fused-ring (bicyclic) bond motifs is 1. The summed E-state index contributed by atoms with van der Waals surface area (Å²) in [5, 5.41) is 3.20. The molecule has 6 heteroatoms. The topological polar surface area (TPSA) is 67.9 Å². The lowest BCUT2D eigenvalue weighted by atomic mass is 9.99. The molecule has 1 amide bonds. The van der Waals surface area contributed by atoms with Crippen LogP contribution in [0.15, 0.2) is 0 Å². The first-order valence-corrected chi connectivity index (χ1v) is 6.74. The zero-order valence-electron chi connectivity index (χ0n) is 11.9. The van der Waals surface area contributed by atoms with Gasteiger partial charge < -0.3 is 14.8 Å². The van der Waals surface area contributed by atoms with Crippen molar-refractivity contribution in [3.05, 3.63) is 0 Å². The molecule has 0 aromatic carbocycles. The fraction of sp³-hybridized carbons (Fsp3) is 0.846. The molecule has 2 aliphatic heterocycles. The zero-order chi connectivity index (χ0) is 14.2. The molecule has 0 aliphatic carbocycles. The minimum atomic E-state index is -0.626. The fourth-order valence-corrected chi connectivity index (χ4v) is 2.81. The van der Waals surface area contributed by atoms with E-state index in [9.17, 15) is 9.59 Å². The minimum Gasteiger partial charge on any atom is -0.467 e. The predicted octanol–water partition coefficient (Wildman–Crippen LogP) is 0.119. The standard InChI is InChI=1S/C13H22N2O4/c1-7(2)5-9-12(16)15-10(6-14-9)19-8(3)11(15)13(17)18-4/h7-11,14H,5-6H2,1-4H3/t8-,9+,10+,11+/m1/s1. The highest BCUT2D eigenvalue weighted by Crippen LogP contribution is 2.28. The van der Waals surface area contributed by atoms with Gasteiger partial charge in [0, 0.05) is 6.54 Å². The van der Waals surface area contributed by atoms with E-state index in [0.717, 1.165) is 6.42 Å². The highest BCUT2D eigenvalue weighted by molar-refractivity contribution is 5.89. The summed E-state index contributed by atoms with van der Waals surface area (Å²) in [6.45, 7) is 6.50. The molecule has 0 unspecified atom stereocenters. The number of rotatable bonds is 3. The number of piperazine rings is 1. The number of methoxy groups -OCH3 is 1. The van der Waals surface area contributed by atoms with E-state index in [1.165, 1.54) is 7.11 Å². The third-order valence-corrected chi connectivity index (χ3v) is 3.67. The number of esters is 1. The van der Waals surface area contributed by atoms with Crippen LogP contribution >= 0.6 is 0 Å². The molecule has 0 aromatic rings. The molecule has 2 aliphatic rings. The predicted molar refractivity (Wildman–Crippen MR) is 68.2 cm³/mol. The number of nitrogens with one attached hydrogen (secondary N) is 1. The molecule has 6 nitrogen and oxygen atoms in total. The number of amides is 1. The van der Waals surface area contributed by atoms with E-state index < -0.39 is 12.0 Å². The molecular formula is C13H22N2O4. The Morgan fingerprint density at radius 3 is 2.84 bits per heavy atom. The second kappa shape index (κ2) is 5.46. The first-order valence-electron chi connectivity index (χ1n) is 6.74. The SMILES string of the molecule is COC(=O)[C@@H]1[C@@H](C)O[C@H]2CN[C@@H](CC(C)C)C(=O)N21. The Hall–Kier alpha value is -1.14. The van der Waals surface area contributed by atoms with Crippen molar-refractivity contribution in [3.8, 4) is 0 Å². The molecular weight excluding hydrogens is 248 g/mol. The normalized spacial score (nSPS) is 34.6. The smallest absolute Gasteiger partial charge is 0.331 e. The lowest BCUT2D eigenvalue weighted by molar-refractivity contribution is -0.156. The molecule has 0 bridgehead atoms. The zero-order valence-corrected chi connectivity index (χ0v) is 11.9. The van der Waals surface area contributed by atoms with Crippen molar-refractivity contribution in [1.82, 2.24) is 10.2 Å². The van der Waals surface area contributed by atoms with Gasteiger partial charge in [-0.05, 0) is 19.3 Å². The maximum absolute atomic E-state index is 12.5. The van der Waals surface area contributed by atoms with Gasteiger partial charge in [0.2, 0.25) is 5.91 Å². The van der Waals surface area contributed by atoms with E-state index >= 15 is 0 Å². The third-order valence-electron chi connectivity index (χ3n) is 3.67. The van der Waals surface area contributed by atoms with Crippen LogP contribution in [0.1, 0.15) is 27.2 Å². The molecule has 0 aromatic heterocycles. The molecule has 0 saturated carbocycles. The van der Waals surface area contributed by atoms with E-state index in [1.807, 2.05) is 0 Å². The summed E-state index contributed by atoms with van der Waals surface area (Å²) in [7, 11) is 1.33. The summed E-state index contributed by atoms with van der Waals surface area (Å²) in [6.07, 6.45) is 0.0562. The molecule has 2 rings (SSSR count). The average Bonchev–Trinajstić information content (AvgIpc) is 2.68. The molecule has 1 N–H and O–H groups in total. The van der Waals surface area contributed by atoms with Crippen LogP contribution in [-0.4, -0.2) is 54.8 Å². The quantitative estimate of drug-likeness (QED) is 0.738. The number of carbonyl (C=O) groups is 2. The monoisotopic (exact) mass is 270 g/mol. The summed E-state index contributed by atoms with van der Waals surface area (Å²) in [5.74, 6) is -0.0613. The van der Waals surface area contributed by atoms with Crippen LogP contribution in [0.3, 0.4) is 0 Å². The van der Waals surface area contributed by atoms with Gasteiger partial charge in [0.15, 0.2) is 6.04 Å². The van der Waals surface area contributed by atoms with Gasteiger partial charge in [-0.2, -0.15) is 0 Å². The molecule has 19 heavy (non-hydrogen) atoms. The molecule has 0 radical (unpaired) electrons. The Morgan fingerprint density at radius 2 is 2.26 bits per heavy atom. The second-order valence-corrected chi connectivity index (χ2v) is 5.60. The Bertz CT molecular complexity index is 372. The summed E-state index contributed by atoms with van der Waals surface area (Å²) >= 11 is 0. The summed E-state index contributed by atoms with van der Waals surface area (Å²) < 4.78 is 10.5. The van der Waals surface area contributed by atoms with Gasteiger partial charge in [-0.15, -0.1) is 0 Å².